The van der Waals surface area contributed by atoms with Crippen molar-refractivity contribution in [3.63, 3.8) is 0 Å². The molecule has 1 aliphatic heterocycles. The summed E-state index contributed by atoms with van der Waals surface area (Å²) in [5, 5.41) is 13.1. The van der Waals surface area contributed by atoms with Gasteiger partial charge in [0.15, 0.2) is 5.82 Å². The Morgan fingerprint density at radius 3 is 2.83 bits per heavy atom. The lowest BCUT2D eigenvalue weighted by molar-refractivity contribution is 0.119. The van der Waals surface area contributed by atoms with Crippen LogP contribution in [0.15, 0.2) is 4.52 Å². The minimum absolute atomic E-state index is 0.315. The van der Waals surface area contributed by atoms with Crippen LogP contribution in [0, 0.1) is 5.92 Å². The maximum Gasteiger partial charge on any atom is 0.240 e. The van der Waals surface area contributed by atoms with Crippen LogP contribution < -0.4 is 0 Å². The van der Waals surface area contributed by atoms with Gasteiger partial charge in [-0.3, -0.25) is 4.90 Å². The fourth-order valence-corrected chi connectivity index (χ4v) is 2.31. The van der Waals surface area contributed by atoms with Crippen LogP contribution in [-0.4, -0.2) is 39.8 Å². The molecule has 0 amide bonds. The second-order valence-corrected chi connectivity index (χ2v) is 5.11. The first kappa shape index (κ1) is 13.5. The molecule has 1 aliphatic rings. The van der Waals surface area contributed by atoms with Crippen LogP contribution in [-0.2, 0) is 13.0 Å². The van der Waals surface area contributed by atoms with Crippen LogP contribution in [0.2, 0.25) is 0 Å². The van der Waals surface area contributed by atoms with Gasteiger partial charge in [0.2, 0.25) is 5.89 Å². The second kappa shape index (κ2) is 6.85. The average Bonchev–Trinajstić information content (AvgIpc) is 2.85. The molecule has 0 aliphatic carbocycles. The molecule has 18 heavy (non-hydrogen) atoms. The van der Waals surface area contributed by atoms with Crippen LogP contribution in [0.25, 0.3) is 0 Å². The molecule has 1 aromatic rings. The molecule has 0 unspecified atom stereocenters. The number of hydrogen-bond acceptors (Lipinski definition) is 5. The van der Waals surface area contributed by atoms with Crippen molar-refractivity contribution in [2.45, 2.75) is 45.6 Å². The summed E-state index contributed by atoms with van der Waals surface area (Å²) in [6, 6.07) is 0. The fraction of sp³-hybridized carbons (Fsp3) is 0.846. The number of nitrogens with zero attached hydrogens (tertiary/aromatic N) is 3. The first-order chi connectivity index (χ1) is 8.81. The van der Waals surface area contributed by atoms with E-state index in [1.807, 2.05) is 0 Å². The second-order valence-electron chi connectivity index (χ2n) is 5.11. The average molecular weight is 253 g/mol. The number of unbranched alkanes of at least 4 members (excludes halogenated alkanes) is 1. The third-order valence-corrected chi connectivity index (χ3v) is 3.59. The highest BCUT2D eigenvalue weighted by molar-refractivity contribution is 4.87. The van der Waals surface area contributed by atoms with Crippen molar-refractivity contribution < 1.29 is 9.63 Å². The number of hydrogen-bond donors (Lipinski definition) is 1. The molecule has 2 rings (SSSR count). The highest BCUT2D eigenvalue weighted by Crippen LogP contribution is 2.17. The van der Waals surface area contributed by atoms with Gasteiger partial charge in [-0.15, -0.1) is 0 Å². The van der Waals surface area contributed by atoms with Crippen LogP contribution in [0.1, 0.15) is 44.3 Å². The molecule has 0 saturated carbocycles. The van der Waals surface area contributed by atoms with E-state index in [1.54, 1.807) is 0 Å². The van der Waals surface area contributed by atoms with Crippen molar-refractivity contribution in [2.24, 2.45) is 5.92 Å². The summed E-state index contributed by atoms with van der Waals surface area (Å²) in [6.07, 6.45) is 5.30. The standard InChI is InChI=1S/C13H23N3O2/c1-2-3-4-12-14-13(18-15-12)9-16-7-5-11(10-17)6-8-16/h11,17H,2-10H2,1H3. The molecule has 0 aromatic carbocycles. The molecule has 1 fully saturated rings. The number of piperidine rings is 1. The summed E-state index contributed by atoms with van der Waals surface area (Å²) < 4.78 is 5.27. The van der Waals surface area contributed by atoms with Crippen molar-refractivity contribution in [3.05, 3.63) is 11.7 Å². The summed E-state index contributed by atoms with van der Waals surface area (Å²) in [7, 11) is 0. The fourth-order valence-electron chi connectivity index (χ4n) is 2.31. The third-order valence-electron chi connectivity index (χ3n) is 3.59. The largest absolute Gasteiger partial charge is 0.396 e. The maximum atomic E-state index is 9.09. The van der Waals surface area contributed by atoms with Crippen LogP contribution in [0.4, 0.5) is 0 Å². The van der Waals surface area contributed by atoms with Gasteiger partial charge in [-0.1, -0.05) is 18.5 Å². The van der Waals surface area contributed by atoms with Gasteiger partial charge < -0.3 is 9.63 Å². The molecular weight excluding hydrogens is 230 g/mol. The Balaban J connectivity index is 1.77. The van der Waals surface area contributed by atoms with E-state index < -0.39 is 0 Å². The quantitative estimate of drug-likeness (QED) is 0.834. The number of rotatable bonds is 6. The molecule has 0 radical (unpaired) electrons. The molecule has 0 atom stereocenters. The zero-order valence-corrected chi connectivity index (χ0v) is 11.1. The van der Waals surface area contributed by atoms with Crippen LogP contribution in [0.3, 0.4) is 0 Å². The summed E-state index contributed by atoms with van der Waals surface area (Å²) in [5.41, 5.74) is 0. The Bertz CT molecular complexity index is 346. The topological polar surface area (TPSA) is 62.4 Å². The molecule has 0 bridgehead atoms. The number of aryl methyl sites for hydroxylation is 1. The highest BCUT2D eigenvalue weighted by Gasteiger charge is 2.20. The summed E-state index contributed by atoms with van der Waals surface area (Å²) in [5.74, 6) is 2.03. The van der Waals surface area contributed by atoms with Crippen LogP contribution in [0.5, 0.6) is 0 Å². The smallest absolute Gasteiger partial charge is 0.240 e. The Labute approximate surface area is 108 Å². The Morgan fingerprint density at radius 2 is 2.17 bits per heavy atom. The predicted octanol–water partition coefficient (Wildman–Crippen LogP) is 1.62. The van der Waals surface area contributed by atoms with Gasteiger partial charge in [0.05, 0.1) is 6.54 Å². The number of likely N-dealkylation sites (tertiary alicyclic amines) is 1. The van der Waals surface area contributed by atoms with E-state index in [-0.39, 0.29) is 0 Å². The molecule has 102 valence electrons. The maximum absolute atomic E-state index is 9.09. The molecule has 1 saturated heterocycles. The Kier molecular flexibility index (Phi) is 5.13. The van der Waals surface area contributed by atoms with E-state index in [4.69, 9.17) is 9.63 Å². The number of aromatic nitrogens is 2. The van der Waals surface area contributed by atoms with Gasteiger partial charge in [0.1, 0.15) is 0 Å². The minimum atomic E-state index is 0.315. The first-order valence-electron chi connectivity index (χ1n) is 6.96. The summed E-state index contributed by atoms with van der Waals surface area (Å²) in [4.78, 5) is 6.73. The zero-order chi connectivity index (χ0) is 12.8. The van der Waals surface area contributed by atoms with E-state index in [1.165, 1.54) is 0 Å². The lowest BCUT2D eigenvalue weighted by Crippen LogP contribution is -2.34. The highest BCUT2D eigenvalue weighted by atomic mass is 16.5. The zero-order valence-electron chi connectivity index (χ0n) is 11.1. The lowest BCUT2D eigenvalue weighted by Gasteiger charge is -2.29. The van der Waals surface area contributed by atoms with Crippen molar-refractivity contribution >= 4 is 0 Å². The van der Waals surface area contributed by atoms with Gasteiger partial charge in [-0.25, -0.2) is 0 Å². The molecule has 1 aromatic heterocycles. The first-order valence-corrected chi connectivity index (χ1v) is 6.96. The summed E-state index contributed by atoms with van der Waals surface area (Å²) in [6.45, 7) is 5.24. The van der Waals surface area contributed by atoms with Crippen molar-refractivity contribution in [3.8, 4) is 0 Å². The summed E-state index contributed by atoms with van der Waals surface area (Å²) >= 11 is 0. The Morgan fingerprint density at radius 1 is 1.39 bits per heavy atom. The van der Waals surface area contributed by atoms with Crippen molar-refractivity contribution in [2.75, 3.05) is 19.7 Å². The normalized spacial score (nSPS) is 18.3. The van der Waals surface area contributed by atoms with Crippen molar-refractivity contribution in [1.82, 2.24) is 15.0 Å². The monoisotopic (exact) mass is 253 g/mol. The number of aliphatic hydroxyl groups is 1. The lowest BCUT2D eigenvalue weighted by atomic mass is 9.98. The van der Waals surface area contributed by atoms with E-state index in [2.05, 4.69) is 22.0 Å². The van der Waals surface area contributed by atoms with E-state index in [0.29, 0.717) is 12.5 Å². The number of aliphatic hydroxyl groups excluding tert-OH is 1. The van der Waals surface area contributed by atoms with E-state index in [9.17, 15) is 0 Å². The van der Waals surface area contributed by atoms with Gasteiger partial charge in [0, 0.05) is 13.0 Å². The molecular formula is C13H23N3O2. The predicted molar refractivity (Wildman–Crippen MR) is 68.0 cm³/mol. The van der Waals surface area contributed by atoms with Gasteiger partial charge in [-0.2, -0.15) is 4.98 Å². The van der Waals surface area contributed by atoms with E-state index >= 15 is 0 Å². The molecule has 0 spiro atoms. The van der Waals surface area contributed by atoms with Crippen molar-refractivity contribution in [1.29, 1.82) is 0 Å². The SMILES string of the molecule is CCCCc1noc(CN2CCC(CO)CC2)n1. The van der Waals surface area contributed by atoms with Gasteiger partial charge >= 0.3 is 0 Å². The van der Waals surface area contributed by atoms with Crippen LogP contribution >= 0.6 is 0 Å². The van der Waals surface area contributed by atoms with E-state index in [0.717, 1.165) is 63.5 Å². The third kappa shape index (κ3) is 3.78. The molecule has 1 N–H and O–H groups in total. The molecule has 5 heteroatoms. The van der Waals surface area contributed by atoms with Gasteiger partial charge in [-0.05, 0) is 38.3 Å². The molecule has 2 heterocycles. The Hall–Kier alpha value is -0.940. The minimum Gasteiger partial charge on any atom is -0.396 e. The molecule has 5 nitrogen and oxygen atoms in total. The van der Waals surface area contributed by atoms with Gasteiger partial charge in [0.25, 0.3) is 0 Å².